The minimum absolute atomic E-state index is 0.0717. The van der Waals surface area contributed by atoms with Crippen molar-refractivity contribution in [1.29, 1.82) is 0 Å². The lowest BCUT2D eigenvalue weighted by atomic mass is 9.77. The highest BCUT2D eigenvalue weighted by molar-refractivity contribution is 6.09. The topological polar surface area (TPSA) is 107 Å². The number of methoxy groups -OCH3 is 2. The number of amides is 1. The van der Waals surface area contributed by atoms with Crippen molar-refractivity contribution in [2.75, 3.05) is 45.4 Å². The number of nitro benzene ring substituents is 1. The van der Waals surface area contributed by atoms with Crippen LogP contribution in [0.2, 0.25) is 0 Å². The van der Waals surface area contributed by atoms with Gasteiger partial charge in [-0.25, -0.2) is 5.01 Å². The van der Waals surface area contributed by atoms with E-state index in [0.29, 0.717) is 37.7 Å². The minimum atomic E-state index is -0.432. The molecule has 0 spiro atoms. The summed E-state index contributed by atoms with van der Waals surface area (Å²) in [7, 11) is 3.26. The molecule has 2 heterocycles. The molecule has 2 fully saturated rings. The Bertz CT molecular complexity index is 1600. The van der Waals surface area contributed by atoms with Crippen molar-refractivity contribution in [2.45, 2.75) is 25.3 Å². The van der Waals surface area contributed by atoms with Crippen LogP contribution in [-0.4, -0.2) is 62.1 Å². The van der Waals surface area contributed by atoms with Gasteiger partial charge in [-0.2, -0.15) is 5.10 Å². The van der Waals surface area contributed by atoms with E-state index in [2.05, 4.69) is 6.08 Å². The molecule has 222 valence electrons. The summed E-state index contributed by atoms with van der Waals surface area (Å²) in [6.45, 7) is 2.09. The third kappa shape index (κ3) is 5.46. The van der Waals surface area contributed by atoms with Crippen LogP contribution >= 0.6 is 0 Å². The number of hydrogen-bond acceptors (Lipinski definition) is 8. The highest BCUT2D eigenvalue weighted by Crippen LogP contribution is 2.47. The Morgan fingerprint density at radius 3 is 2.49 bits per heavy atom. The number of rotatable bonds is 7. The van der Waals surface area contributed by atoms with Crippen LogP contribution < -0.4 is 14.4 Å². The van der Waals surface area contributed by atoms with E-state index in [-0.39, 0.29) is 17.2 Å². The number of carbonyl (C=O) groups is 1. The second-order valence-electron chi connectivity index (χ2n) is 10.8. The summed E-state index contributed by atoms with van der Waals surface area (Å²) >= 11 is 0. The molecule has 10 heteroatoms. The Kier molecular flexibility index (Phi) is 8.11. The number of carbonyl (C=O) groups excluding carboxylic acids is 1. The number of nitro groups is 1. The fourth-order valence-corrected chi connectivity index (χ4v) is 6.37. The number of fused-ring (bicyclic) bond motifs is 1. The van der Waals surface area contributed by atoms with Crippen LogP contribution in [0.4, 0.5) is 11.4 Å². The van der Waals surface area contributed by atoms with Gasteiger partial charge in [0, 0.05) is 41.8 Å². The van der Waals surface area contributed by atoms with Gasteiger partial charge < -0.3 is 19.1 Å². The Hall–Kier alpha value is -4.70. The normalized spacial score (nSPS) is 20.9. The monoisotopic (exact) mass is 582 g/mol. The fraction of sp³-hybridized carbons (Fsp3) is 0.333. The van der Waals surface area contributed by atoms with Crippen molar-refractivity contribution in [3.05, 3.63) is 99.1 Å². The van der Waals surface area contributed by atoms with Crippen molar-refractivity contribution in [3.63, 3.8) is 0 Å². The van der Waals surface area contributed by atoms with Gasteiger partial charge in [-0.3, -0.25) is 14.9 Å². The number of para-hydroxylation sites is 2. The molecule has 1 saturated carbocycles. The third-order valence-electron chi connectivity index (χ3n) is 8.41. The van der Waals surface area contributed by atoms with Crippen LogP contribution in [0.5, 0.6) is 11.5 Å². The zero-order valence-electron chi connectivity index (χ0n) is 24.3. The molecule has 6 rings (SSSR count). The molecule has 0 radical (unpaired) electrons. The quantitative estimate of drug-likeness (QED) is 0.253. The lowest BCUT2D eigenvalue weighted by Crippen LogP contribution is -2.36. The summed E-state index contributed by atoms with van der Waals surface area (Å²) in [5.74, 6) is 0.956. The summed E-state index contributed by atoms with van der Waals surface area (Å²) in [5, 5.41) is 18.6. The first kappa shape index (κ1) is 28.4. The largest absolute Gasteiger partial charge is 0.496 e. The number of hydrazone groups is 1. The van der Waals surface area contributed by atoms with Crippen molar-refractivity contribution in [3.8, 4) is 11.5 Å². The number of morpholine rings is 1. The summed E-state index contributed by atoms with van der Waals surface area (Å²) in [5.41, 5.74) is 4.26. The molecule has 3 aromatic rings. The Labute approximate surface area is 250 Å². The molecular formula is C33H34N4O6. The van der Waals surface area contributed by atoms with Crippen LogP contribution in [0.1, 0.15) is 46.8 Å². The average molecular weight is 583 g/mol. The molecule has 0 N–H and O–H groups in total. The van der Waals surface area contributed by atoms with Gasteiger partial charge in [0.05, 0.1) is 44.1 Å². The average Bonchev–Trinajstić information content (AvgIpc) is 3.45. The molecule has 0 bridgehead atoms. The molecule has 2 atom stereocenters. The molecule has 1 aliphatic carbocycles. The lowest BCUT2D eigenvalue weighted by molar-refractivity contribution is -0.384. The van der Waals surface area contributed by atoms with Gasteiger partial charge in [0.1, 0.15) is 17.2 Å². The van der Waals surface area contributed by atoms with E-state index in [4.69, 9.17) is 19.3 Å². The van der Waals surface area contributed by atoms with Crippen LogP contribution in [0.25, 0.3) is 6.08 Å². The molecule has 1 saturated heterocycles. The zero-order valence-corrected chi connectivity index (χ0v) is 24.3. The van der Waals surface area contributed by atoms with E-state index < -0.39 is 16.9 Å². The number of nitrogens with zero attached hydrogens (tertiary/aromatic N) is 4. The Morgan fingerprint density at radius 2 is 1.74 bits per heavy atom. The predicted octanol–water partition coefficient (Wildman–Crippen LogP) is 5.89. The minimum Gasteiger partial charge on any atom is -0.496 e. The van der Waals surface area contributed by atoms with E-state index in [9.17, 15) is 14.9 Å². The van der Waals surface area contributed by atoms with Gasteiger partial charge in [-0.05, 0) is 55.2 Å². The second kappa shape index (κ2) is 12.3. The van der Waals surface area contributed by atoms with E-state index in [0.717, 1.165) is 47.4 Å². The molecule has 3 aliphatic rings. The van der Waals surface area contributed by atoms with E-state index in [1.54, 1.807) is 26.4 Å². The first-order valence-corrected chi connectivity index (χ1v) is 14.5. The number of allylic oxidation sites excluding steroid dienone is 1. The number of hydrogen-bond donors (Lipinski definition) is 0. The molecule has 43 heavy (non-hydrogen) atoms. The predicted molar refractivity (Wildman–Crippen MR) is 164 cm³/mol. The van der Waals surface area contributed by atoms with Crippen LogP contribution in [0, 0.1) is 16.0 Å². The van der Waals surface area contributed by atoms with Crippen LogP contribution in [0.3, 0.4) is 0 Å². The molecule has 10 nitrogen and oxygen atoms in total. The summed E-state index contributed by atoms with van der Waals surface area (Å²) < 4.78 is 16.7. The second-order valence-corrected chi connectivity index (χ2v) is 10.8. The smallest absolute Gasteiger partial charge is 0.293 e. The van der Waals surface area contributed by atoms with E-state index in [1.165, 1.54) is 11.1 Å². The van der Waals surface area contributed by atoms with E-state index >= 15 is 0 Å². The van der Waals surface area contributed by atoms with Crippen molar-refractivity contribution >= 4 is 29.1 Å². The highest BCUT2D eigenvalue weighted by Gasteiger charge is 2.45. The molecule has 2 unspecified atom stereocenters. The summed E-state index contributed by atoms with van der Waals surface area (Å²) in [6, 6.07) is 19.7. The maximum absolute atomic E-state index is 14.3. The summed E-state index contributed by atoms with van der Waals surface area (Å²) in [6.07, 6.45) is 4.68. The van der Waals surface area contributed by atoms with Gasteiger partial charge in [-0.15, -0.1) is 0 Å². The van der Waals surface area contributed by atoms with Crippen molar-refractivity contribution in [2.24, 2.45) is 11.0 Å². The summed E-state index contributed by atoms with van der Waals surface area (Å²) in [4.78, 5) is 27.9. The van der Waals surface area contributed by atoms with Crippen molar-refractivity contribution in [1.82, 2.24) is 5.01 Å². The van der Waals surface area contributed by atoms with Crippen LogP contribution in [0.15, 0.2) is 77.4 Å². The number of ether oxygens (including phenoxy) is 3. The first-order chi connectivity index (χ1) is 21.0. The van der Waals surface area contributed by atoms with Crippen LogP contribution in [-0.2, 0) is 4.74 Å². The maximum atomic E-state index is 14.3. The third-order valence-corrected chi connectivity index (χ3v) is 8.41. The van der Waals surface area contributed by atoms with Gasteiger partial charge in [0.2, 0.25) is 0 Å². The molecule has 3 aromatic carbocycles. The fourth-order valence-electron chi connectivity index (χ4n) is 6.37. The highest BCUT2D eigenvalue weighted by atomic mass is 16.6. The molecule has 1 amide bonds. The molecular weight excluding hydrogens is 548 g/mol. The Balaban J connectivity index is 1.43. The first-order valence-electron chi connectivity index (χ1n) is 14.5. The molecule has 0 aromatic heterocycles. The van der Waals surface area contributed by atoms with Gasteiger partial charge in [0.25, 0.3) is 11.6 Å². The maximum Gasteiger partial charge on any atom is 0.293 e. The Morgan fingerprint density at radius 1 is 1.02 bits per heavy atom. The molecule has 2 aliphatic heterocycles. The number of benzene rings is 3. The SMILES string of the molecule is COc1ccccc1/C=C1/CCCC2C1=NN(C(=O)c1ccc(N3CCOCC3)c([N+](=O)[O-])c1)C2c1ccccc1OC. The van der Waals surface area contributed by atoms with Crippen molar-refractivity contribution < 1.29 is 23.9 Å². The standard InChI is InChI=1S/C33H34N4O6/c1-41-29-12-5-3-8-22(29)20-23-9-7-11-26-31(23)34-36(32(26)25-10-4-6-13-30(25)42-2)33(38)24-14-15-27(28(21-24)37(39)40)35-16-18-43-19-17-35/h3-6,8,10,12-15,20-21,26,32H,7,9,11,16-19H2,1-2H3/b23-20-. The lowest BCUT2D eigenvalue weighted by Gasteiger charge is -2.31. The van der Waals surface area contributed by atoms with Gasteiger partial charge in [-0.1, -0.05) is 36.4 Å². The van der Waals surface area contributed by atoms with Gasteiger partial charge in [0.15, 0.2) is 0 Å². The number of anilines is 1. The van der Waals surface area contributed by atoms with Gasteiger partial charge >= 0.3 is 0 Å². The van der Waals surface area contributed by atoms with E-state index in [1.807, 2.05) is 53.4 Å². The zero-order chi connectivity index (χ0) is 29.9.